The molecule has 2 fully saturated rings. The van der Waals surface area contributed by atoms with Gasteiger partial charge in [0.15, 0.2) is 21.6 Å². The Kier molecular flexibility index (Phi) is 6.23. The third-order valence-electron chi connectivity index (χ3n) is 4.65. The lowest BCUT2D eigenvalue weighted by molar-refractivity contribution is -0.119. The molecule has 0 saturated carbocycles. The number of fused-ring (bicyclic) bond motifs is 1. The Hall–Kier alpha value is -1.45. The first kappa shape index (κ1) is 21.8. The summed E-state index contributed by atoms with van der Waals surface area (Å²) in [5, 5.41) is 1.32. The Balaban J connectivity index is 1.59. The molecule has 2 aromatic rings. The monoisotopic (exact) mass is 504 g/mol. The Bertz CT molecular complexity index is 1120. The van der Waals surface area contributed by atoms with Crippen molar-refractivity contribution in [1.82, 2.24) is 0 Å². The fourth-order valence-electron chi connectivity index (χ4n) is 3.34. The van der Waals surface area contributed by atoms with Crippen LogP contribution in [-0.4, -0.2) is 48.9 Å². The van der Waals surface area contributed by atoms with E-state index in [2.05, 4.69) is 4.99 Å². The highest BCUT2D eigenvalue weighted by molar-refractivity contribution is 8.16. The molecule has 0 aliphatic carbocycles. The standard InChI is InChI=1S/C19H15Cl3N2O4S2/c20-11-4-6-12(7-5-11)28-8-17(25)23-19-24(14-3-1-2-13(21)18(14)22)15-9-30(26,27)10-16(15)29-19/h1-7,15-16H,8-10H2/t15-,16+/m1/s1. The summed E-state index contributed by atoms with van der Waals surface area (Å²) in [5.74, 6) is -0.0313. The van der Waals surface area contributed by atoms with Crippen molar-refractivity contribution in [3.05, 3.63) is 57.5 Å². The largest absolute Gasteiger partial charge is 0.484 e. The Labute approximate surface area is 193 Å². The van der Waals surface area contributed by atoms with Crippen molar-refractivity contribution < 1.29 is 17.9 Å². The molecule has 0 unspecified atom stereocenters. The van der Waals surface area contributed by atoms with Crippen LogP contribution in [0.5, 0.6) is 5.75 Å². The lowest BCUT2D eigenvalue weighted by atomic mass is 10.2. The molecule has 2 heterocycles. The quantitative estimate of drug-likeness (QED) is 0.616. The van der Waals surface area contributed by atoms with Crippen LogP contribution in [0.15, 0.2) is 47.5 Å². The highest BCUT2D eigenvalue weighted by Gasteiger charge is 2.49. The van der Waals surface area contributed by atoms with Crippen LogP contribution < -0.4 is 9.64 Å². The molecule has 11 heteroatoms. The third-order valence-corrected chi connectivity index (χ3v) is 8.92. The van der Waals surface area contributed by atoms with Gasteiger partial charge < -0.3 is 9.64 Å². The van der Waals surface area contributed by atoms with Gasteiger partial charge in [0, 0.05) is 10.3 Å². The third kappa shape index (κ3) is 4.57. The zero-order valence-corrected chi connectivity index (χ0v) is 19.2. The van der Waals surface area contributed by atoms with E-state index in [1.807, 2.05) is 0 Å². The number of hydrogen-bond donors (Lipinski definition) is 0. The van der Waals surface area contributed by atoms with E-state index in [0.29, 0.717) is 26.6 Å². The molecule has 0 bridgehead atoms. The van der Waals surface area contributed by atoms with Crippen molar-refractivity contribution in [2.75, 3.05) is 23.0 Å². The van der Waals surface area contributed by atoms with E-state index in [4.69, 9.17) is 39.5 Å². The van der Waals surface area contributed by atoms with Crippen LogP contribution in [0.25, 0.3) is 0 Å². The van der Waals surface area contributed by atoms with E-state index in [-0.39, 0.29) is 34.4 Å². The number of amidine groups is 1. The fraction of sp³-hybridized carbons (Fsp3) is 0.263. The van der Waals surface area contributed by atoms with Crippen LogP contribution in [0.3, 0.4) is 0 Å². The van der Waals surface area contributed by atoms with Crippen LogP contribution in [0.1, 0.15) is 0 Å². The number of hydrogen-bond acceptors (Lipinski definition) is 5. The van der Waals surface area contributed by atoms with E-state index >= 15 is 0 Å². The summed E-state index contributed by atoms with van der Waals surface area (Å²) >= 11 is 19.6. The molecule has 2 aliphatic heterocycles. The molecule has 2 aromatic carbocycles. The first-order valence-corrected chi connectivity index (χ1v) is 12.7. The average molecular weight is 506 g/mol. The van der Waals surface area contributed by atoms with Crippen LogP contribution >= 0.6 is 46.6 Å². The van der Waals surface area contributed by atoms with Gasteiger partial charge in [0.05, 0.1) is 33.3 Å². The molecule has 6 nitrogen and oxygen atoms in total. The summed E-state index contributed by atoms with van der Waals surface area (Å²) in [6.45, 7) is -0.267. The van der Waals surface area contributed by atoms with Crippen molar-refractivity contribution in [2.45, 2.75) is 11.3 Å². The summed E-state index contributed by atoms with van der Waals surface area (Å²) in [5.41, 5.74) is 0.520. The number of ether oxygens (including phenoxy) is 1. The molecule has 0 radical (unpaired) electrons. The van der Waals surface area contributed by atoms with Crippen molar-refractivity contribution in [1.29, 1.82) is 0 Å². The second-order valence-corrected chi connectivity index (χ2v) is 11.4. The maximum absolute atomic E-state index is 12.5. The molecule has 158 valence electrons. The number of thioether (sulfide) groups is 1. The molecule has 0 N–H and O–H groups in total. The van der Waals surface area contributed by atoms with E-state index in [1.165, 1.54) is 11.8 Å². The van der Waals surface area contributed by atoms with Crippen molar-refractivity contribution in [3.63, 3.8) is 0 Å². The Morgan fingerprint density at radius 2 is 1.87 bits per heavy atom. The second-order valence-electron chi connectivity index (χ2n) is 6.77. The van der Waals surface area contributed by atoms with Crippen molar-refractivity contribution >= 4 is 73.2 Å². The van der Waals surface area contributed by atoms with Crippen LogP contribution in [0.4, 0.5) is 5.69 Å². The van der Waals surface area contributed by atoms with Crippen LogP contribution in [0.2, 0.25) is 15.1 Å². The van der Waals surface area contributed by atoms with Gasteiger partial charge in [0.1, 0.15) is 5.75 Å². The van der Waals surface area contributed by atoms with Crippen LogP contribution in [0, 0.1) is 0 Å². The molecule has 0 aromatic heterocycles. The molecule has 2 saturated heterocycles. The molecular weight excluding hydrogens is 491 g/mol. The number of aliphatic imine (C=N–C) groups is 1. The van der Waals surface area contributed by atoms with E-state index < -0.39 is 15.7 Å². The molecule has 4 rings (SSSR count). The lowest BCUT2D eigenvalue weighted by Gasteiger charge is -2.25. The van der Waals surface area contributed by atoms with Gasteiger partial charge in [-0.2, -0.15) is 4.99 Å². The first-order valence-electron chi connectivity index (χ1n) is 8.84. The second kappa shape index (κ2) is 8.59. The number of carbonyl (C=O) groups excluding carboxylic acids is 1. The average Bonchev–Trinajstić information content (AvgIpc) is 3.14. The number of amides is 1. The number of carbonyl (C=O) groups is 1. The molecule has 2 atom stereocenters. The number of rotatable bonds is 4. The minimum atomic E-state index is -3.19. The highest BCUT2D eigenvalue weighted by atomic mass is 35.5. The van der Waals surface area contributed by atoms with Gasteiger partial charge in [-0.3, -0.25) is 4.79 Å². The predicted molar refractivity (Wildman–Crippen MR) is 122 cm³/mol. The fourth-order valence-corrected chi connectivity index (χ4v) is 7.78. The maximum Gasteiger partial charge on any atom is 0.285 e. The smallest absolute Gasteiger partial charge is 0.285 e. The van der Waals surface area contributed by atoms with Crippen molar-refractivity contribution in [2.24, 2.45) is 4.99 Å². The molecule has 1 amide bonds. The predicted octanol–water partition coefficient (Wildman–Crippen LogP) is 4.33. The van der Waals surface area contributed by atoms with Gasteiger partial charge >= 0.3 is 0 Å². The van der Waals surface area contributed by atoms with E-state index in [9.17, 15) is 13.2 Å². The molecule has 30 heavy (non-hydrogen) atoms. The summed E-state index contributed by atoms with van der Waals surface area (Å²) < 4.78 is 29.8. The van der Waals surface area contributed by atoms with Gasteiger partial charge in [0.2, 0.25) is 0 Å². The number of benzene rings is 2. The maximum atomic E-state index is 12.5. The highest BCUT2D eigenvalue weighted by Crippen LogP contribution is 2.44. The molecule has 0 spiro atoms. The molecular formula is C19H15Cl3N2O4S2. The van der Waals surface area contributed by atoms with Crippen molar-refractivity contribution in [3.8, 4) is 5.75 Å². The summed E-state index contributed by atoms with van der Waals surface area (Å²) in [6, 6.07) is 11.3. The van der Waals surface area contributed by atoms with Gasteiger partial charge in [-0.15, -0.1) is 0 Å². The first-order chi connectivity index (χ1) is 14.2. The summed E-state index contributed by atoms with van der Waals surface area (Å²) in [7, 11) is -3.19. The van der Waals surface area contributed by atoms with Gasteiger partial charge in [0.25, 0.3) is 5.91 Å². The molecule has 2 aliphatic rings. The summed E-state index contributed by atoms with van der Waals surface area (Å²) in [6.07, 6.45) is 0. The van der Waals surface area contributed by atoms with Gasteiger partial charge in [-0.25, -0.2) is 8.42 Å². The topological polar surface area (TPSA) is 76.0 Å². The number of anilines is 1. The number of sulfone groups is 1. The van der Waals surface area contributed by atoms with Crippen LogP contribution in [-0.2, 0) is 14.6 Å². The van der Waals surface area contributed by atoms with Gasteiger partial charge in [-0.05, 0) is 36.4 Å². The summed E-state index contributed by atoms with van der Waals surface area (Å²) in [4.78, 5) is 18.3. The van der Waals surface area contributed by atoms with Gasteiger partial charge in [-0.1, -0.05) is 52.6 Å². The Morgan fingerprint density at radius 3 is 2.60 bits per heavy atom. The minimum Gasteiger partial charge on any atom is -0.484 e. The minimum absolute atomic E-state index is 0.0193. The van der Waals surface area contributed by atoms with E-state index in [1.54, 1.807) is 47.4 Å². The zero-order chi connectivity index (χ0) is 21.5. The number of halogens is 3. The normalized spacial score (nSPS) is 23.6. The van der Waals surface area contributed by atoms with E-state index in [0.717, 1.165) is 0 Å². The zero-order valence-electron chi connectivity index (χ0n) is 15.3. The number of nitrogens with zero attached hydrogens (tertiary/aromatic N) is 2. The SMILES string of the molecule is O=C(COc1ccc(Cl)cc1)N=C1S[C@H]2CS(=O)(=O)C[C@H]2N1c1cccc(Cl)c1Cl. The Morgan fingerprint density at radius 1 is 1.13 bits per heavy atom. The lowest BCUT2D eigenvalue weighted by Crippen LogP contribution is -2.38.